The predicted octanol–water partition coefficient (Wildman–Crippen LogP) is -2.96. The molecule has 0 unspecified atom stereocenters. The molecule has 0 saturated carbocycles. The minimum atomic E-state index is -6.09. The molecule has 0 bridgehead atoms. The van der Waals surface area contributed by atoms with Gasteiger partial charge in [-0.05, 0) is 12.1 Å². The number of esters is 3. The zero-order valence-electron chi connectivity index (χ0n) is 21.2. The third-order valence-corrected chi connectivity index (χ3v) is 8.02. The average molecular weight is 722 g/mol. The highest BCUT2D eigenvalue weighted by Crippen LogP contribution is 2.33. The van der Waals surface area contributed by atoms with Crippen LogP contribution in [0.3, 0.4) is 0 Å². The van der Waals surface area contributed by atoms with Crippen LogP contribution in [0.5, 0.6) is 0 Å². The van der Waals surface area contributed by atoms with Crippen molar-refractivity contribution < 1.29 is 80.7 Å². The van der Waals surface area contributed by atoms with E-state index < -0.39 is 90.5 Å². The Labute approximate surface area is 239 Å². The van der Waals surface area contributed by atoms with Gasteiger partial charge in [-0.1, -0.05) is 18.2 Å². The Morgan fingerprint density at radius 3 is 2.05 bits per heavy atom. The summed E-state index contributed by atoms with van der Waals surface area (Å²) in [5.74, 6) is -1.98. The molecule has 226 valence electrons. The predicted molar refractivity (Wildman–Crippen MR) is 123 cm³/mol. The van der Waals surface area contributed by atoms with E-state index in [1.807, 2.05) is 30.3 Å². The van der Waals surface area contributed by atoms with Crippen molar-refractivity contribution in [3.8, 4) is 0 Å². The number of alkyl halides is 3. The number of carbonyl (C=O) groups is 3. The molecule has 1 aliphatic heterocycles. The minimum Gasteiger partial charge on any atom is -0.741 e. The summed E-state index contributed by atoms with van der Waals surface area (Å²) in [5.41, 5.74) is -6.96. The van der Waals surface area contributed by atoms with Gasteiger partial charge in [0.05, 0.1) is 6.20 Å². The molecule has 0 aliphatic carbocycles. The highest BCUT2D eigenvalue weighted by molar-refractivity contribution is 7.86. The number of halogens is 4. The van der Waals surface area contributed by atoms with E-state index in [-0.39, 0.29) is 6.61 Å². The number of H-pyrrole nitrogens is 1. The summed E-state index contributed by atoms with van der Waals surface area (Å²) >= 11 is -0.944. The Kier molecular flexibility index (Phi) is 11.6. The molecule has 19 heteroatoms. The average Bonchev–Trinajstić information content (AvgIpc) is 3.14. The van der Waals surface area contributed by atoms with Crippen molar-refractivity contribution >= 4 is 28.0 Å². The van der Waals surface area contributed by atoms with Crippen LogP contribution in [0.4, 0.5) is 13.2 Å². The Morgan fingerprint density at radius 1 is 1.02 bits per heavy atom. The molecular weight excluding hydrogens is 700 g/mol. The molecule has 0 spiro atoms. The van der Waals surface area contributed by atoms with Gasteiger partial charge in [-0.15, -0.1) is 0 Å². The van der Waals surface area contributed by atoms with Crippen molar-refractivity contribution in [3.05, 3.63) is 64.5 Å². The maximum atomic E-state index is 12.7. The van der Waals surface area contributed by atoms with E-state index >= 15 is 0 Å². The fourth-order valence-electron chi connectivity index (χ4n) is 3.23. The van der Waals surface area contributed by atoms with Crippen LogP contribution in [-0.4, -0.2) is 70.9 Å². The van der Waals surface area contributed by atoms with Crippen molar-refractivity contribution in [2.75, 3.05) is 6.61 Å². The van der Waals surface area contributed by atoms with Crippen LogP contribution in [0.15, 0.2) is 46.1 Å². The SMILES string of the molecule is CC(=O)OC[C@H]1O[C@@H](n2cc([I+]c3ccccc3)c(=O)[nH]c2=O)[C@H](OC(C)=O)[C@@H]1OC(C)=O.O=S(=O)([O-])C(F)(F)F. The second kappa shape index (κ2) is 14.0. The van der Waals surface area contributed by atoms with Gasteiger partial charge in [0.2, 0.25) is 0 Å². The van der Waals surface area contributed by atoms with Crippen LogP contribution >= 0.6 is 0 Å². The molecule has 1 aromatic carbocycles. The van der Waals surface area contributed by atoms with Gasteiger partial charge in [-0.25, -0.2) is 13.2 Å². The first kappa shape index (κ1) is 33.9. The summed E-state index contributed by atoms with van der Waals surface area (Å²) in [6, 6.07) is 9.30. The van der Waals surface area contributed by atoms with Gasteiger partial charge in [0, 0.05) is 20.8 Å². The zero-order valence-corrected chi connectivity index (χ0v) is 24.2. The lowest BCUT2D eigenvalue weighted by Crippen LogP contribution is -3.62. The van der Waals surface area contributed by atoms with Crippen molar-refractivity contribution in [1.82, 2.24) is 9.55 Å². The number of hydrogen-bond donors (Lipinski definition) is 1. The summed E-state index contributed by atoms with van der Waals surface area (Å²) in [6.45, 7) is 3.21. The van der Waals surface area contributed by atoms with E-state index in [9.17, 15) is 37.1 Å². The van der Waals surface area contributed by atoms with Gasteiger partial charge in [0.25, 0.3) is 3.57 Å². The highest BCUT2D eigenvalue weighted by Gasteiger charge is 2.51. The van der Waals surface area contributed by atoms with Crippen LogP contribution in [-0.2, 0) is 43.4 Å². The monoisotopic (exact) mass is 722 g/mol. The first-order valence-corrected chi connectivity index (χ1v) is 14.7. The fraction of sp³-hybridized carbons (Fsp3) is 0.409. The molecule has 1 aliphatic rings. The Hall–Kier alpha value is -3.30. The topological polar surface area (TPSA) is 200 Å². The molecule has 1 N–H and O–H groups in total. The van der Waals surface area contributed by atoms with Crippen LogP contribution in [0.1, 0.15) is 27.0 Å². The largest absolute Gasteiger partial charge is 0.741 e. The Bertz CT molecular complexity index is 1480. The maximum Gasteiger partial charge on any atom is 0.485 e. The minimum absolute atomic E-state index is 0.302. The van der Waals surface area contributed by atoms with E-state index in [2.05, 4.69) is 4.98 Å². The van der Waals surface area contributed by atoms with Gasteiger partial charge in [0.1, 0.15) is 12.7 Å². The van der Waals surface area contributed by atoms with Crippen LogP contribution in [0.2, 0.25) is 0 Å². The Balaban J connectivity index is 0.000000642. The zero-order chi connectivity index (χ0) is 31.1. The van der Waals surface area contributed by atoms with E-state index in [4.69, 9.17) is 31.9 Å². The Morgan fingerprint density at radius 2 is 1.56 bits per heavy atom. The number of aromatic amines is 1. The lowest BCUT2D eigenvalue weighted by Gasteiger charge is -2.23. The van der Waals surface area contributed by atoms with Crippen molar-refractivity contribution in [2.45, 2.75) is 50.8 Å². The fourth-order valence-corrected chi connectivity index (χ4v) is 5.49. The first-order valence-electron chi connectivity index (χ1n) is 11.1. The summed E-state index contributed by atoms with van der Waals surface area (Å²) < 4.78 is 82.8. The van der Waals surface area contributed by atoms with Crippen molar-refractivity contribution in [2.24, 2.45) is 0 Å². The third kappa shape index (κ3) is 9.93. The van der Waals surface area contributed by atoms with E-state index in [1.165, 1.54) is 13.1 Å². The number of ether oxygens (including phenoxy) is 4. The van der Waals surface area contributed by atoms with Crippen LogP contribution in [0, 0.1) is 7.14 Å². The maximum absolute atomic E-state index is 12.7. The van der Waals surface area contributed by atoms with Gasteiger partial charge < -0.3 is 23.5 Å². The number of aromatic nitrogens is 2. The van der Waals surface area contributed by atoms with Crippen LogP contribution in [0.25, 0.3) is 0 Å². The number of carbonyl (C=O) groups excluding carboxylic acids is 3. The molecular formula is C22H22F3IN2O12S. The van der Waals surface area contributed by atoms with E-state index in [0.29, 0.717) is 3.57 Å². The van der Waals surface area contributed by atoms with Crippen molar-refractivity contribution in [1.29, 1.82) is 0 Å². The quantitative estimate of drug-likeness (QED) is 0.100. The molecule has 1 fully saturated rings. The van der Waals surface area contributed by atoms with Gasteiger partial charge in [-0.3, -0.25) is 28.7 Å². The number of benzene rings is 1. The van der Waals surface area contributed by atoms with Gasteiger partial charge in [0.15, 0.2) is 32.1 Å². The summed E-state index contributed by atoms with van der Waals surface area (Å²) in [5, 5.41) is 0. The molecule has 2 heterocycles. The molecule has 1 aromatic heterocycles. The first-order chi connectivity index (χ1) is 18.9. The van der Waals surface area contributed by atoms with Crippen LogP contribution < -0.4 is 32.5 Å². The number of rotatable bonds is 7. The summed E-state index contributed by atoms with van der Waals surface area (Å²) in [7, 11) is -6.09. The lowest BCUT2D eigenvalue weighted by molar-refractivity contribution is -0.599. The standard InChI is InChI=1S/C21H21IN2O9.CHF3O3S/c1-11(25)30-10-16-17(31-12(2)26)18(32-13(3)27)20(33-16)24-9-15(19(28)23-21(24)29)22-14-7-5-4-6-8-14;2-1(3,4)8(5,6)7/h4-9,16-18,20H,10H2,1-3H3;(H,5,6,7)/t16-,17-,18-,20-;/m1./s1. The summed E-state index contributed by atoms with van der Waals surface area (Å²) in [6.07, 6.45) is -3.26. The molecule has 0 amide bonds. The molecule has 41 heavy (non-hydrogen) atoms. The summed E-state index contributed by atoms with van der Waals surface area (Å²) in [4.78, 5) is 62.1. The lowest BCUT2D eigenvalue weighted by atomic mass is 10.1. The normalized spacial score (nSPS) is 20.4. The van der Waals surface area contributed by atoms with Gasteiger partial charge in [-0.2, -0.15) is 13.2 Å². The van der Waals surface area contributed by atoms with E-state index in [0.717, 1.165) is 22.0 Å². The van der Waals surface area contributed by atoms with E-state index in [1.54, 1.807) is 0 Å². The number of hydrogen-bond acceptors (Lipinski definition) is 12. The molecule has 0 radical (unpaired) electrons. The highest BCUT2D eigenvalue weighted by atomic mass is 127. The molecule has 14 nitrogen and oxygen atoms in total. The number of nitrogens with zero attached hydrogens (tertiary/aromatic N) is 1. The second-order valence-corrected chi connectivity index (χ2v) is 12.3. The molecule has 1 saturated heterocycles. The molecule has 2 aromatic rings. The molecule has 3 rings (SSSR count). The molecule has 4 atom stereocenters. The third-order valence-electron chi connectivity index (χ3n) is 4.77. The second-order valence-electron chi connectivity index (χ2n) is 7.95. The smallest absolute Gasteiger partial charge is 0.485 e. The van der Waals surface area contributed by atoms with Crippen molar-refractivity contribution in [3.63, 3.8) is 0 Å². The number of nitrogens with one attached hydrogen (secondary N) is 1. The van der Waals surface area contributed by atoms with Gasteiger partial charge >= 0.3 is 55.9 Å².